The van der Waals surface area contributed by atoms with Gasteiger partial charge in [0.2, 0.25) is 11.9 Å². The van der Waals surface area contributed by atoms with Crippen LogP contribution >= 0.6 is 0 Å². The minimum absolute atomic E-state index is 0.0860. The first-order valence-corrected chi connectivity index (χ1v) is 19.9. The number of imidazole rings is 1. The van der Waals surface area contributed by atoms with Crippen LogP contribution in [-0.2, 0) is 22.5 Å². The third kappa shape index (κ3) is 5.81. The number of fused-ring (bicyclic) bond motifs is 2. The van der Waals surface area contributed by atoms with Gasteiger partial charge in [0.1, 0.15) is 12.3 Å². The minimum Gasteiger partial charge on any atom is -0.414 e. The summed E-state index contributed by atoms with van der Waals surface area (Å²) >= 11 is 0. The molecule has 4 atom stereocenters. The second kappa shape index (κ2) is 12.5. The predicted molar refractivity (Wildman–Crippen MR) is 172 cm³/mol. The quantitative estimate of drug-likeness (QED) is 0.304. The fourth-order valence-corrected chi connectivity index (χ4v) is 18.3. The van der Waals surface area contributed by atoms with Crippen molar-refractivity contribution in [2.45, 2.75) is 137 Å². The smallest absolute Gasteiger partial charge is 0.335 e. The standard InChI is InChI=1S/C30H53N5O6Si2/c1-13-14-30(12)24-22(15-38-42(18(4)5,19(6)7)41-43(40-24,20(8)9)21(10)11)39-28(30)35-16-31-23-25(35)32-29(34-27(23)37)33-26(36)17(2)3/h16-22,24,28H,13-15H2,1-12H3,(H2,32,33,34,36,37)/t22-,24-,28-,30+/m1/s1. The molecule has 11 nitrogen and oxygen atoms in total. The van der Waals surface area contributed by atoms with Crippen LogP contribution in [0.3, 0.4) is 0 Å². The number of aromatic nitrogens is 4. The third-order valence-electron chi connectivity index (χ3n) is 9.42. The molecule has 4 rings (SSSR count). The summed E-state index contributed by atoms with van der Waals surface area (Å²) in [6.45, 7) is 26.0. The molecule has 4 heterocycles. The highest BCUT2D eigenvalue weighted by Gasteiger charge is 2.64. The highest BCUT2D eigenvalue weighted by atomic mass is 28.5. The SMILES string of the molecule is CCC[C@@]1(C)[C@@H]2O[Si](C(C)C)(C(C)C)O[Si](C(C)C)(C(C)C)OC[C@H]2O[C@H]1n1cnc2c(=O)[nH]c(NC(=O)C(C)C)nc21. The average Bonchev–Trinajstić information content (AvgIpc) is 3.42. The number of amides is 1. The van der Waals surface area contributed by atoms with Crippen molar-refractivity contribution >= 4 is 40.1 Å². The van der Waals surface area contributed by atoms with E-state index in [-0.39, 0.29) is 57.7 Å². The summed E-state index contributed by atoms with van der Waals surface area (Å²) in [6.07, 6.45) is 2.13. The van der Waals surface area contributed by atoms with E-state index < -0.39 is 34.3 Å². The molecule has 0 radical (unpaired) electrons. The largest absolute Gasteiger partial charge is 0.414 e. The van der Waals surface area contributed by atoms with E-state index in [4.69, 9.17) is 17.7 Å². The molecule has 13 heteroatoms. The van der Waals surface area contributed by atoms with E-state index in [1.54, 1.807) is 20.2 Å². The van der Waals surface area contributed by atoms with Gasteiger partial charge in [-0.1, -0.05) is 89.5 Å². The van der Waals surface area contributed by atoms with Crippen LogP contribution in [0.2, 0.25) is 22.2 Å². The van der Waals surface area contributed by atoms with Crippen molar-refractivity contribution < 1.29 is 22.5 Å². The molecule has 0 unspecified atom stereocenters. The molecule has 0 saturated carbocycles. The molecule has 2 saturated heterocycles. The second-order valence-corrected chi connectivity index (χ2v) is 23.0. The zero-order chi connectivity index (χ0) is 32.1. The second-order valence-electron chi connectivity index (χ2n) is 14.2. The van der Waals surface area contributed by atoms with Gasteiger partial charge in [-0.25, -0.2) is 4.98 Å². The Labute approximate surface area is 258 Å². The van der Waals surface area contributed by atoms with Crippen molar-refractivity contribution in [1.29, 1.82) is 0 Å². The van der Waals surface area contributed by atoms with Gasteiger partial charge in [-0.3, -0.25) is 24.5 Å². The predicted octanol–water partition coefficient (Wildman–Crippen LogP) is 6.37. The van der Waals surface area contributed by atoms with Crippen LogP contribution in [0.25, 0.3) is 11.2 Å². The van der Waals surface area contributed by atoms with E-state index >= 15 is 0 Å². The van der Waals surface area contributed by atoms with Crippen molar-refractivity contribution in [3.05, 3.63) is 16.7 Å². The Morgan fingerprint density at radius 2 is 1.67 bits per heavy atom. The van der Waals surface area contributed by atoms with E-state index in [9.17, 15) is 9.59 Å². The number of nitrogens with one attached hydrogen (secondary N) is 2. The number of anilines is 1. The first kappa shape index (κ1) is 34.0. The maximum Gasteiger partial charge on any atom is 0.335 e. The molecule has 2 aliphatic heterocycles. The van der Waals surface area contributed by atoms with Gasteiger partial charge in [0.25, 0.3) is 5.56 Å². The van der Waals surface area contributed by atoms with Crippen molar-refractivity contribution in [2.75, 3.05) is 11.9 Å². The Kier molecular flexibility index (Phi) is 9.85. The van der Waals surface area contributed by atoms with Crippen LogP contribution < -0.4 is 10.9 Å². The van der Waals surface area contributed by atoms with E-state index in [0.29, 0.717) is 12.3 Å². The van der Waals surface area contributed by atoms with Gasteiger partial charge in [-0.2, -0.15) is 4.98 Å². The van der Waals surface area contributed by atoms with Crippen molar-refractivity contribution in [1.82, 2.24) is 19.5 Å². The van der Waals surface area contributed by atoms with Crippen molar-refractivity contribution in [3.63, 3.8) is 0 Å². The Balaban J connectivity index is 1.87. The average molecular weight is 636 g/mol. The maximum atomic E-state index is 13.0. The first-order valence-electron chi connectivity index (χ1n) is 16.0. The number of hydrogen-bond donors (Lipinski definition) is 2. The molecule has 242 valence electrons. The van der Waals surface area contributed by atoms with Crippen molar-refractivity contribution in [2.24, 2.45) is 11.3 Å². The van der Waals surface area contributed by atoms with Crippen LogP contribution in [0, 0.1) is 11.3 Å². The van der Waals surface area contributed by atoms with Gasteiger partial charge >= 0.3 is 17.1 Å². The molecule has 43 heavy (non-hydrogen) atoms. The zero-order valence-corrected chi connectivity index (χ0v) is 30.1. The molecule has 2 aromatic heterocycles. The Morgan fingerprint density at radius 1 is 1.07 bits per heavy atom. The van der Waals surface area contributed by atoms with Crippen molar-refractivity contribution in [3.8, 4) is 0 Å². The van der Waals surface area contributed by atoms with E-state index in [1.165, 1.54) is 0 Å². The Bertz CT molecular complexity index is 1340. The van der Waals surface area contributed by atoms with E-state index in [1.807, 2.05) is 4.57 Å². The first-order chi connectivity index (χ1) is 20.0. The zero-order valence-electron chi connectivity index (χ0n) is 28.1. The molecule has 0 aliphatic carbocycles. The molecule has 2 aliphatic rings. The van der Waals surface area contributed by atoms with Gasteiger partial charge in [0.15, 0.2) is 11.2 Å². The number of carbonyl (C=O) groups excluding carboxylic acids is 1. The van der Waals surface area contributed by atoms with E-state index in [0.717, 1.165) is 12.8 Å². The molecule has 0 spiro atoms. The summed E-state index contributed by atoms with van der Waals surface area (Å²) in [5, 5.41) is 2.72. The highest BCUT2D eigenvalue weighted by Crippen LogP contribution is 2.55. The van der Waals surface area contributed by atoms with Gasteiger partial charge < -0.3 is 17.7 Å². The Morgan fingerprint density at radius 3 is 2.21 bits per heavy atom. The number of carbonyl (C=O) groups is 1. The summed E-state index contributed by atoms with van der Waals surface area (Å²) in [5.74, 6) is -0.425. The Hall–Kier alpha value is -1.91. The lowest BCUT2D eigenvalue weighted by Crippen LogP contribution is -2.66. The van der Waals surface area contributed by atoms with Gasteiger partial charge in [0.05, 0.1) is 19.0 Å². The number of hydrogen-bond acceptors (Lipinski definition) is 8. The van der Waals surface area contributed by atoms with Crippen LogP contribution in [0.5, 0.6) is 0 Å². The fourth-order valence-electron chi connectivity index (χ4n) is 7.02. The molecule has 1 amide bonds. The monoisotopic (exact) mass is 635 g/mol. The lowest BCUT2D eigenvalue weighted by atomic mass is 9.78. The molecule has 2 fully saturated rings. The summed E-state index contributed by atoms with van der Waals surface area (Å²) in [7, 11) is -5.62. The fraction of sp³-hybridized carbons (Fsp3) is 0.800. The maximum absolute atomic E-state index is 13.0. The lowest BCUT2D eigenvalue weighted by molar-refractivity contribution is -0.118. The highest BCUT2D eigenvalue weighted by molar-refractivity contribution is 6.84. The lowest BCUT2D eigenvalue weighted by Gasteiger charge is -2.52. The topological polar surface area (TPSA) is 130 Å². The van der Waals surface area contributed by atoms with Gasteiger partial charge in [-0.05, 0) is 28.6 Å². The molecule has 0 aromatic carbocycles. The molecule has 2 N–H and O–H groups in total. The summed E-state index contributed by atoms with van der Waals surface area (Å²) in [4.78, 5) is 37.2. The summed E-state index contributed by atoms with van der Waals surface area (Å²) in [6, 6.07) is 0. The molecular weight excluding hydrogens is 583 g/mol. The number of aromatic amines is 1. The number of H-pyrrole nitrogens is 1. The molecule has 2 aromatic rings. The van der Waals surface area contributed by atoms with E-state index in [2.05, 4.69) is 89.5 Å². The normalized spacial score (nSPS) is 27.3. The summed E-state index contributed by atoms with van der Waals surface area (Å²) in [5.41, 5.74) is 0.433. The molecule has 0 bridgehead atoms. The number of rotatable bonds is 9. The molecular formula is C30H53N5O6Si2. The van der Waals surface area contributed by atoms with Gasteiger partial charge in [0, 0.05) is 11.3 Å². The van der Waals surface area contributed by atoms with Crippen LogP contribution in [-0.4, -0.2) is 61.4 Å². The minimum atomic E-state index is -2.89. The number of ether oxygens (including phenoxy) is 1. The van der Waals surface area contributed by atoms with Crippen LogP contribution in [0.15, 0.2) is 11.1 Å². The third-order valence-corrected chi connectivity index (χ3v) is 19.6. The van der Waals surface area contributed by atoms with Crippen LogP contribution in [0.1, 0.15) is 102 Å². The number of nitrogens with zero attached hydrogens (tertiary/aromatic N) is 3. The van der Waals surface area contributed by atoms with Crippen LogP contribution in [0.4, 0.5) is 5.95 Å². The summed E-state index contributed by atoms with van der Waals surface area (Å²) < 4.78 is 30.7. The van der Waals surface area contributed by atoms with Gasteiger partial charge in [-0.15, -0.1) is 0 Å².